The Bertz CT molecular complexity index is 1400. The molecule has 0 saturated heterocycles. The fourth-order valence-corrected chi connectivity index (χ4v) is 5.04. The Morgan fingerprint density at radius 3 is 2.68 bits per heavy atom. The van der Waals surface area contributed by atoms with Crippen molar-refractivity contribution in [3.05, 3.63) is 30.0 Å². The molecule has 1 saturated carbocycles. The topological polar surface area (TPSA) is 110 Å². The van der Waals surface area contributed by atoms with E-state index in [0.29, 0.717) is 51.9 Å². The number of rotatable bonds is 9. The van der Waals surface area contributed by atoms with E-state index in [1.807, 2.05) is 0 Å². The quantitative estimate of drug-likeness (QED) is 0.301. The molecule has 1 aromatic carbocycles. The maximum absolute atomic E-state index is 15.0. The summed E-state index contributed by atoms with van der Waals surface area (Å²) < 4.78 is 53.8. The number of alkyl halides is 2. The van der Waals surface area contributed by atoms with E-state index in [2.05, 4.69) is 25.3 Å². The SMILES string of the molecule is COc1nc(N[C@H]2CC[C@H](OCCO)CC2)nc2[nH]cc(-c3cc(F)c4nc(C)n(CC(F)F)c4c3)c12. The second kappa shape index (κ2) is 10.5. The number of H-pyrrole nitrogens is 1. The van der Waals surface area contributed by atoms with E-state index in [4.69, 9.17) is 14.6 Å². The molecule has 0 spiro atoms. The Kier molecular flexibility index (Phi) is 7.20. The summed E-state index contributed by atoms with van der Waals surface area (Å²) in [6.07, 6.45) is 2.72. The lowest BCUT2D eigenvalue weighted by Crippen LogP contribution is -2.30. The fourth-order valence-electron chi connectivity index (χ4n) is 5.04. The molecule has 0 aliphatic heterocycles. The van der Waals surface area contributed by atoms with Crippen LogP contribution < -0.4 is 10.1 Å². The van der Waals surface area contributed by atoms with Crippen LogP contribution >= 0.6 is 0 Å². The van der Waals surface area contributed by atoms with Crippen LogP contribution in [0.3, 0.4) is 0 Å². The van der Waals surface area contributed by atoms with Crippen LogP contribution in [-0.4, -0.2) is 68.5 Å². The van der Waals surface area contributed by atoms with Gasteiger partial charge in [-0.1, -0.05) is 0 Å². The second-order valence-corrected chi connectivity index (χ2v) is 9.18. The molecule has 0 atom stereocenters. The summed E-state index contributed by atoms with van der Waals surface area (Å²) in [4.78, 5) is 16.4. The number of hydrogen-bond donors (Lipinski definition) is 3. The van der Waals surface area contributed by atoms with E-state index in [1.54, 1.807) is 19.2 Å². The number of aromatic amines is 1. The van der Waals surface area contributed by atoms with E-state index in [9.17, 15) is 8.78 Å². The summed E-state index contributed by atoms with van der Waals surface area (Å²) >= 11 is 0. The van der Waals surface area contributed by atoms with Gasteiger partial charge in [-0.05, 0) is 50.3 Å². The highest BCUT2D eigenvalue weighted by Gasteiger charge is 2.24. The molecule has 4 aromatic rings. The molecule has 12 heteroatoms. The number of aromatic nitrogens is 5. The number of ether oxygens (including phenoxy) is 2. The Hall–Kier alpha value is -3.38. The number of benzene rings is 1. The largest absolute Gasteiger partial charge is 0.480 e. The van der Waals surface area contributed by atoms with Crippen molar-refractivity contribution in [3.63, 3.8) is 0 Å². The third-order valence-corrected chi connectivity index (χ3v) is 6.77. The van der Waals surface area contributed by atoms with Crippen molar-refractivity contribution in [2.75, 3.05) is 25.6 Å². The molecule has 37 heavy (non-hydrogen) atoms. The molecular formula is C25H29F3N6O3. The van der Waals surface area contributed by atoms with Gasteiger partial charge in [-0.2, -0.15) is 9.97 Å². The Morgan fingerprint density at radius 1 is 1.19 bits per heavy atom. The van der Waals surface area contributed by atoms with Crippen LogP contribution in [0.5, 0.6) is 5.88 Å². The first kappa shape index (κ1) is 25.3. The van der Waals surface area contributed by atoms with Crippen LogP contribution in [0, 0.1) is 12.7 Å². The minimum atomic E-state index is -2.60. The van der Waals surface area contributed by atoms with Crippen molar-refractivity contribution in [2.45, 2.75) is 57.7 Å². The molecule has 9 nitrogen and oxygen atoms in total. The zero-order valence-electron chi connectivity index (χ0n) is 20.6. The number of nitrogens with zero attached hydrogens (tertiary/aromatic N) is 4. The van der Waals surface area contributed by atoms with Crippen LogP contribution in [0.25, 0.3) is 33.2 Å². The third kappa shape index (κ3) is 5.08. The van der Waals surface area contributed by atoms with E-state index in [0.717, 1.165) is 25.7 Å². The van der Waals surface area contributed by atoms with Crippen LogP contribution in [0.1, 0.15) is 31.5 Å². The van der Waals surface area contributed by atoms with Crippen LogP contribution in [0.4, 0.5) is 19.1 Å². The van der Waals surface area contributed by atoms with Crippen molar-refractivity contribution in [3.8, 4) is 17.0 Å². The first-order valence-corrected chi connectivity index (χ1v) is 12.2. The molecule has 198 valence electrons. The Balaban J connectivity index is 1.45. The molecule has 0 unspecified atom stereocenters. The summed E-state index contributed by atoms with van der Waals surface area (Å²) in [5.41, 5.74) is 1.90. The van der Waals surface area contributed by atoms with Crippen molar-refractivity contribution in [1.82, 2.24) is 24.5 Å². The van der Waals surface area contributed by atoms with Gasteiger partial charge in [0.2, 0.25) is 11.8 Å². The number of methoxy groups -OCH3 is 1. The summed E-state index contributed by atoms with van der Waals surface area (Å²) in [6.45, 7) is 1.37. The van der Waals surface area contributed by atoms with Crippen molar-refractivity contribution >= 4 is 28.0 Å². The number of fused-ring (bicyclic) bond motifs is 2. The number of aryl methyl sites for hydroxylation is 1. The number of anilines is 1. The van der Waals surface area contributed by atoms with Crippen molar-refractivity contribution in [1.29, 1.82) is 0 Å². The zero-order valence-corrected chi connectivity index (χ0v) is 20.6. The van der Waals surface area contributed by atoms with Gasteiger partial charge in [0, 0.05) is 17.8 Å². The van der Waals surface area contributed by atoms with Crippen molar-refractivity contribution in [2.24, 2.45) is 0 Å². The lowest BCUT2D eigenvalue weighted by molar-refractivity contribution is 0.00719. The van der Waals surface area contributed by atoms with E-state index in [1.165, 1.54) is 17.7 Å². The highest BCUT2D eigenvalue weighted by atomic mass is 19.3. The minimum absolute atomic E-state index is 0.0173. The lowest BCUT2D eigenvalue weighted by Gasteiger charge is -2.29. The molecule has 3 N–H and O–H groups in total. The van der Waals surface area contributed by atoms with E-state index < -0.39 is 18.8 Å². The standard InChI is InChI=1S/C25H29F3N6O3/c1-13-30-22-18(26)9-14(10-19(22)34(13)12-20(27)28)17-11-29-23-21(17)24(36-2)33-25(32-23)31-15-3-5-16(6-4-15)37-8-7-35/h9-11,15-16,20,35H,3-8,12H2,1-2H3,(H2,29,31,32,33)/t15-,16-. The summed E-state index contributed by atoms with van der Waals surface area (Å²) in [7, 11) is 1.50. The summed E-state index contributed by atoms with van der Waals surface area (Å²) in [5.74, 6) is 0.428. The molecule has 0 radical (unpaired) electrons. The van der Waals surface area contributed by atoms with Crippen LogP contribution in [-0.2, 0) is 11.3 Å². The van der Waals surface area contributed by atoms with Gasteiger partial charge >= 0.3 is 0 Å². The smallest absolute Gasteiger partial charge is 0.256 e. The van der Waals surface area contributed by atoms with Crippen LogP contribution in [0.15, 0.2) is 18.3 Å². The number of aliphatic hydroxyl groups excluding tert-OH is 1. The molecule has 3 aromatic heterocycles. The Labute approximate surface area is 211 Å². The normalized spacial score (nSPS) is 18.2. The number of aliphatic hydroxyl groups is 1. The molecule has 1 aliphatic rings. The molecule has 1 aliphatic carbocycles. The number of halogens is 3. The number of hydrogen-bond acceptors (Lipinski definition) is 7. The van der Waals surface area contributed by atoms with Gasteiger partial charge < -0.3 is 29.4 Å². The maximum Gasteiger partial charge on any atom is 0.256 e. The van der Waals surface area contributed by atoms with Gasteiger partial charge in [-0.3, -0.25) is 0 Å². The second-order valence-electron chi connectivity index (χ2n) is 9.18. The van der Waals surface area contributed by atoms with Crippen molar-refractivity contribution < 1.29 is 27.8 Å². The van der Waals surface area contributed by atoms with Gasteiger partial charge in [-0.15, -0.1) is 0 Å². The molecule has 5 rings (SSSR count). The molecule has 3 heterocycles. The monoisotopic (exact) mass is 518 g/mol. The first-order chi connectivity index (χ1) is 17.9. The number of imidazole rings is 1. The molecule has 1 fully saturated rings. The lowest BCUT2D eigenvalue weighted by atomic mass is 9.93. The molecule has 0 amide bonds. The summed E-state index contributed by atoms with van der Waals surface area (Å²) in [5, 5.41) is 12.9. The minimum Gasteiger partial charge on any atom is -0.480 e. The third-order valence-electron chi connectivity index (χ3n) is 6.77. The van der Waals surface area contributed by atoms with E-state index >= 15 is 4.39 Å². The fraction of sp³-hybridized carbons (Fsp3) is 0.480. The Morgan fingerprint density at radius 2 is 1.97 bits per heavy atom. The highest BCUT2D eigenvalue weighted by molar-refractivity contribution is 5.99. The van der Waals surface area contributed by atoms with E-state index in [-0.39, 0.29) is 24.3 Å². The average Bonchev–Trinajstić information content (AvgIpc) is 3.44. The number of nitrogens with one attached hydrogen (secondary N) is 2. The molecular weight excluding hydrogens is 489 g/mol. The summed E-state index contributed by atoms with van der Waals surface area (Å²) in [6, 6.07) is 3.14. The van der Waals surface area contributed by atoms with Gasteiger partial charge in [0.15, 0.2) is 5.82 Å². The maximum atomic E-state index is 15.0. The first-order valence-electron chi connectivity index (χ1n) is 12.2. The average molecular weight is 519 g/mol. The van der Waals surface area contributed by atoms with Gasteiger partial charge in [0.05, 0.1) is 43.9 Å². The highest BCUT2D eigenvalue weighted by Crippen LogP contribution is 2.37. The molecule has 0 bridgehead atoms. The van der Waals surface area contributed by atoms with Gasteiger partial charge in [0.1, 0.15) is 17.0 Å². The predicted molar refractivity (Wildman–Crippen MR) is 133 cm³/mol. The zero-order chi connectivity index (χ0) is 26.1. The van der Waals surface area contributed by atoms with Gasteiger partial charge in [0.25, 0.3) is 6.43 Å². The van der Waals surface area contributed by atoms with Gasteiger partial charge in [-0.25, -0.2) is 18.2 Å². The predicted octanol–water partition coefficient (Wildman–Crippen LogP) is 4.43. The van der Waals surface area contributed by atoms with Crippen LogP contribution in [0.2, 0.25) is 0 Å².